The molecule has 0 bridgehead atoms. The number of rotatable bonds is 7. The van der Waals surface area contributed by atoms with Gasteiger partial charge < -0.3 is 19.8 Å². The van der Waals surface area contributed by atoms with Crippen molar-refractivity contribution < 1.29 is 19.1 Å². The number of carbonyl (C=O) groups excluding carboxylic acids is 2. The summed E-state index contributed by atoms with van der Waals surface area (Å²) in [5.74, 6) is -0.0706. The molecule has 1 heterocycles. The van der Waals surface area contributed by atoms with Crippen molar-refractivity contribution in [1.82, 2.24) is 9.97 Å². The Kier molecular flexibility index (Phi) is 6.51. The molecule has 7 nitrogen and oxygen atoms in total. The molecule has 2 N–H and O–H groups in total. The van der Waals surface area contributed by atoms with Gasteiger partial charge in [-0.1, -0.05) is 23.4 Å². The minimum absolute atomic E-state index is 0.124. The highest BCUT2D eigenvalue weighted by atomic mass is 35.5. The number of halogens is 1. The number of hydrogen-bond donors (Lipinski definition) is 2. The average Bonchev–Trinajstić information content (AvgIpc) is 3.02. The average molecular weight is 370 g/mol. The van der Waals surface area contributed by atoms with E-state index in [4.69, 9.17) is 21.1 Å². The molecular weight excluding hydrogens is 354 g/mol. The Morgan fingerprint density at radius 3 is 2.88 bits per heavy atom. The van der Waals surface area contributed by atoms with Crippen LogP contribution in [0.3, 0.4) is 0 Å². The molecule has 0 fully saturated rings. The molecule has 0 aliphatic carbocycles. The summed E-state index contributed by atoms with van der Waals surface area (Å²) in [7, 11) is 1.52. The molecule has 1 aromatic heterocycles. The first kappa shape index (κ1) is 18.2. The van der Waals surface area contributed by atoms with E-state index in [1.54, 1.807) is 25.1 Å². The molecular formula is C15H16ClN3O4S. The van der Waals surface area contributed by atoms with E-state index in [9.17, 15) is 9.59 Å². The van der Waals surface area contributed by atoms with Crippen molar-refractivity contribution in [3.63, 3.8) is 0 Å². The van der Waals surface area contributed by atoms with Gasteiger partial charge in [-0.2, -0.15) is 0 Å². The first-order chi connectivity index (χ1) is 11.5. The number of aromatic amines is 1. The number of amides is 1. The van der Waals surface area contributed by atoms with Gasteiger partial charge in [-0.05, 0) is 25.1 Å². The van der Waals surface area contributed by atoms with Gasteiger partial charge in [-0.15, -0.1) is 0 Å². The van der Waals surface area contributed by atoms with Crippen molar-refractivity contribution in [3.05, 3.63) is 35.1 Å². The number of anilines is 1. The fourth-order valence-corrected chi connectivity index (χ4v) is 2.67. The molecule has 1 aromatic carbocycles. The van der Waals surface area contributed by atoms with E-state index < -0.39 is 5.97 Å². The second-order valence-corrected chi connectivity index (χ2v) is 5.87. The molecule has 24 heavy (non-hydrogen) atoms. The monoisotopic (exact) mass is 369 g/mol. The molecule has 2 rings (SSSR count). The molecule has 0 atom stereocenters. The van der Waals surface area contributed by atoms with Crippen LogP contribution < -0.4 is 10.1 Å². The summed E-state index contributed by atoms with van der Waals surface area (Å²) < 4.78 is 9.89. The molecule has 0 radical (unpaired) electrons. The summed E-state index contributed by atoms with van der Waals surface area (Å²) in [5.41, 5.74) is 0.750. The van der Waals surface area contributed by atoms with Gasteiger partial charge in [0.15, 0.2) is 10.9 Å². The smallest absolute Gasteiger partial charge is 0.358 e. The van der Waals surface area contributed by atoms with Crippen LogP contribution in [0, 0.1) is 0 Å². The highest BCUT2D eigenvalue weighted by Crippen LogP contribution is 2.27. The van der Waals surface area contributed by atoms with Crippen LogP contribution in [0.4, 0.5) is 5.69 Å². The number of methoxy groups -OCH3 is 1. The number of hydrogen-bond acceptors (Lipinski definition) is 6. The lowest BCUT2D eigenvalue weighted by molar-refractivity contribution is -0.113. The minimum Gasteiger partial charge on any atom is -0.495 e. The highest BCUT2D eigenvalue weighted by Gasteiger charge is 2.13. The molecule has 0 unspecified atom stereocenters. The molecule has 128 valence electrons. The second kappa shape index (κ2) is 8.60. The summed E-state index contributed by atoms with van der Waals surface area (Å²) in [5, 5.41) is 3.59. The van der Waals surface area contributed by atoms with Crippen LogP contribution in [0.1, 0.15) is 17.4 Å². The number of nitrogens with one attached hydrogen (secondary N) is 2. The van der Waals surface area contributed by atoms with Crippen LogP contribution in [0.25, 0.3) is 0 Å². The Bertz CT molecular complexity index is 735. The first-order valence-corrected chi connectivity index (χ1v) is 8.38. The second-order valence-electron chi connectivity index (χ2n) is 4.50. The zero-order chi connectivity index (χ0) is 17.5. The van der Waals surface area contributed by atoms with Gasteiger partial charge in [-0.3, -0.25) is 4.79 Å². The number of carbonyl (C=O) groups is 2. The predicted octanol–water partition coefficient (Wildman–Crippen LogP) is 2.98. The number of ether oxygens (including phenoxy) is 2. The van der Waals surface area contributed by atoms with Gasteiger partial charge in [0.25, 0.3) is 0 Å². The van der Waals surface area contributed by atoms with E-state index in [0.717, 1.165) is 0 Å². The molecule has 0 saturated carbocycles. The van der Waals surface area contributed by atoms with Crippen molar-refractivity contribution in [2.75, 3.05) is 24.8 Å². The molecule has 0 aliphatic rings. The number of benzene rings is 1. The predicted molar refractivity (Wildman–Crippen MR) is 91.9 cm³/mol. The van der Waals surface area contributed by atoms with Crippen LogP contribution >= 0.6 is 23.4 Å². The Hall–Kier alpha value is -2.19. The van der Waals surface area contributed by atoms with Gasteiger partial charge in [0.2, 0.25) is 5.91 Å². The molecule has 0 aliphatic heterocycles. The quantitative estimate of drug-likeness (QED) is 0.575. The van der Waals surface area contributed by atoms with E-state index in [1.165, 1.54) is 25.1 Å². The van der Waals surface area contributed by atoms with E-state index in [-0.39, 0.29) is 24.0 Å². The lowest BCUT2D eigenvalue weighted by Gasteiger charge is -2.07. The summed E-state index contributed by atoms with van der Waals surface area (Å²) >= 11 is 7.18. The molecule has 2 aromatic rings. The van der Waals surface area contributed by atoms with E-state index in [0.29, 0.717) is 21.6 Å². The maximum absolute atomic E-state index is 12.0. The van der Waals surface area contributed by atoms with Crippen LogP contribution in [0.15, 0.2) is 29.6 Å². The van der Waals surface area contributed by atoms with Crippen LogP contribution in [0.5, 0.6) is 5.75 Å². The minimum atomic E-state index is -0.502. The maximum Gasteiger partial charge on any atom is 0.358 e. The summed E-state index contributed by atoms with van der Waals surface area (Å²) in [4.78, 5) is 30.3. The van der Waals surface area contributed by atoms with E-state index in [1.807, 2.05) is 0 Å². The van der Waals surface area contributed by atoms with Gasteiger partial charge >= 0.3 is 5.97 Å². The lowest BCUT2D eigenvalue weighted by Crippen LogP contribution is -2.14. The van der Waals surface area contributed by atoms with Crippen molar-refractivity contribution in [1.29, 1.82) is 0 Å². The van der Waals surface area contributed by atoms with Crippen molar-refractivity contribution in [3.8, 4) is 5.75 Å². The Morgan fingerprint density at radius 2 is 2.21 bits per heavy atom. The van der Waals surface area contributed by atoms with Crippen molar-refractivity contribution in [2.24, 2.45) is 0 Å². The third-order valence-corrected chi connectivity index (χ3v) is 4.00. The summed E-state index contributed by atoms with van der Waals surface area (Å²) in [6, 6.07) is 4.97. The topological polar surface area (TPSA) is 93.3 Å². The molecule has 0 spiro atoms. The number of nitrogens with zero attached hydrogens (tertiary/aromatic N) is 1. The number of imidazole rings is 1. The zero-order valence-electron chi connectivity index (χ0n) is 13.1. The number of aromatic nitrogens is 2. The fourth-order valence-electron chi connectivity index (χ4n) is 1.76. The standard InChI is InChI=1S/C15H16ClN3O4S/c1-3-23-14(21)11-7-17-15(19-11)24-8-13(20)18-9-4-5-12(22-2)10(16)6-9/h4-7H,3,8H2,1-2H3,(H,17,19)(H,18,20). The molecule has 0 saturated heterocycles. The van der Waals surface area contributed by atoms with Crippen molar-refractivity contribution >= 4 is 40.9 Å². The lowest BCUT2D eigenvalue weighted by atomic mass is 10.3. The zero-order valence-corrected chi connectivity index (χ0v) is 14.7. The number of H-pyrrole nitrogens is 1. The van der Waals surface area contributed by atoms with Crippen LogP contribution in [-0.2, 0) is 9.53 Å². The Balaban J connectivity index is 1.87. The van der Waals surface area contributed by atoms with Crippen LogP contribution in [-0.4, -0.2) is 41.3 Å². The Morgan fingerprint density at radius 1 is 1.42 bits per heavy atom. The third kappa shape index (κ3) is 4.90. The SMILES string of the molecule is CCOC(=O)c1c[nH]c(SCC(=O)Nc2ccc(OC)c(Cl)c2)n1. The molecule has 1 amide bonds. The summed E-state index contributed by atoms with van der Waals surface area (Å²) in [6.07, 6.45) is 1.45. The van der Waals surface area contributed by atoms with Gasteiger partial charge in [0, 0.05) is 11.9 Å². The number of thioether (sulfide) groups is 1. The van der Waals surface area contributed by atoms with E-state index >= 15 is 0 Å². The first-order valence-electron chi connectivity index (χ1n) is 7.02. The van der Waals surface area contributed by atoms with Gasteiger partial charge in [-0.25, -0.2) is 9.78 Å². The van der Waals surface area contributed by atoms with Gasteiger partial charge in [0.1, 0.15) is 5.75 Å². The van der Waals surface area contributed by atoms with Crippen molar-refractivity contribution in [2.45, 2.75) is 12.1 Å². The maximum atomic E-state index is 12.0. The molecule has 9 heteroatoms. The number of esters is 1. The summed E-state index contributed by atoms with van der Waals surface area (Å²) in [6.45, 7) is 2.00. The Labute approximate surface area is 148 Å². The third-order valence-electron chi connectivity index (χ3n) is 2.81. The van der Waals surface area contributed by atoms with Gasteiger partial charge in [0.05, 0.1) is 24.5 Å². The largest absolute Gasteiger partial charge is 0.495 e. The van der Waals surface area contributed by atoms with E-state index in [2.05, 4.69) is 15.3 Å². The highest BCUT2D eigenvalue weighted by molar-refractivity contribution is 7.99. The van der Waals surface area contributed by atoms with Crippen LogP contribution in [0.2, 0.25) is 5.02 Å². The normalized spacial score (nSPS) is 10.3. The fraction of sp³-hybridized carbons (Fsp3) is 0.267.